The Morgan fingerprint density at radius 2 is 1.87 bits per heavy atom. The minimum absolute atomic E-state index is 0.357. The molecule has 0 saturated carbocycles. The van der Waals surface area contributed by atoms with Gasteiger partial charge in [-0.05, 0) is 38.4 Å². The second-order valence-electron chi connectivity index (χ2n) is 5.26. The highest BCUT2D eigenvalue weighted by molar-refractivity contribution is 7.09. The summed E-state index contributed by atoms with van der Waals surface area (Å²) in [5.74, 6) is -0.357. The minimum atomic E-state index is -4.37. The van der Waals surface area contributed by atoms with Gasteiger partial charge in [0.25, 0.3) is 0 Å². The molecular formula is C15H16F3N3OS. The highest BCUT2D eigenvalue weighted by Crippen LogP contribution is 2.29. The second kappa shape index (κ2) is 6.67. The van der Waals surface area contributed by atoms with Gasteiger partial charge in [0.15, 0.2) is 4.80 Å². The molecule has 2 aromatic rings. The van der Waals surface area contributed by atoms with Crippen LogP contribution in [0.2, 0.25) is 0 Å². The van der Waals surface area contributed by atoms with Gasteiger partial charge in [-0.15, -0.1) is 0 Å². The van der Waals surface area contributed by atoms with Crippen molar-refractivity contribution in [1.82, 2.24) is 9.47 Å². The summed E-state index contributed by atoms with van der Waals surface area (Å²) in [6, 6.07) is 4.77. The van der Waals surface area contributed by atoms with E-state index >= 15 is 0 Å². The number of hydrogen-bond donors (Lipinski definition) is 0. The average Bonchev–Trinajstić information content (AvgIpc) is 2.78. The number of carbonyl (C=O) groups excluding carboxylic acids is 1. The summed E-state index contributed by atoms with van der Waals surface area (Å²) in [7, 11) is 3.81. The fraction of sp³-hybridized carbons (Fsp3) is 0.333. The highest BCUT2D eigenvalue weighted by Gasteiger charge is 2.30. The van der Waals surface area contributed by atoms with Crippen LogP contribution < -0.4 is 4.80 Å². The van der Waals surface area contributed by atoms with E-state index in [0.29, 0.717) is 17.0 Å². The summed E-state index contributed by atoms with van der Waals surface area (Å²) in [5, 5.41) is 0. The summed E-state index contributed by atoms with van der Waals surface area (Å²) in [5.41, 5.74) is -0.185. The van der Waals surface area contributed by atoms with Gasteiger partial charge in [0.2, 0.25) is 5.91 Å². The number of rotatable bonds is 3. The summed E-state index contributed by atoms with van der Waals surface area (Å²) >= 11 is 1.33. The maximum atomic E-state index is 12.6. The van der Waals surface area contributed by atoms with Gasteiger partial charge >= 0.3 is 6.18 Å². The molecule has 0 radical (unpaired) electrons. The Kier molecular flexibility index (Phi) is 5.06. The number of aromatic nitrogens is 1. The van der Waals surface area contributed by atoms with Gasteiger partial charge in [0, 0.05) is 30.2 Å². The molecule has 124 valence electrons. The first-order valence-electron chi connectivity index (χ1n) is 6.76. The first kappa shape index (κ1) is 17.4. The molecule has 1 aromatic carbocycles. The minimum Gasteiger partial charge on any atom is -0.304 e. The Morgan fingerprint density at radius 1 is 1.26 bits per heavy atom. The zero-order valence-corrected chi connectivity index (χ0v) is 13.7. The number of hydrogen-bond acceptors (Lipinski definition) is 3. The van der Waals surface area contributed by atoms with Crippen molar-refractivity contribution in [2.75, 3.05) is 14.1 Å². The Hall–Kier alpha value is -1.93. The summed E-state index contributed by atoms with van der Waals surface area (Å²) < 4.78 is 39.6. The van der Waals surface area contributed by atoms with Gasteiger partial charge in [-0.2, -0.15) is 18.2 Å². The van der Waals surface area contributed by atoms with Crippen molar-refractivity contribution in [2.24, 2.45) is 4.99 Å². The Balaban J connectivity index is 2.49. The third kappa shape index (κ3) is 4.52. The van der Waals surface area contributed by atoms with E-state index in [1.807, 2.05) is 19.0 Å². The Bertz CT molecular complexity index is 758. The van der Waals surface area contributed by atoms with Crippen LogP contribution in [0.3, 0.4) is 0 Å². The van der Waals surface area contributed by atoms with Crippen LogP contribution in [0.4, 0.5) is 13.2 Å². The maximum Gasteiger partial charge on any atom is 0.416 e. The molecule has 0 saturated heterocycles. The van der Waals surface area contributed by atoms with E-state index in [0.717, 1.165) is 17.0 Å². The van der Waals surface area contributed by atoms with Crippen LogP contribution in [0.1, 0.15) is 17.4 Å². The van der Waals surface area contributed by atoms with Crippen LogP contribution in [0.15, 0.2) is 35.5 Å². The number of carbonyl (C=O) groups is 1. The van der Waals surface area contributed by atoms with Crippen molar-refractivity contribution in [1.29, 1.82) is 0 Å². The number of alkyl halides is 3. The lowest BCUT2D eigenvalue weighted by Gasteiger charge is -2.08. The van der Waals surface area contributed by atoms with Gasteiger partial charge < -0.3 is 4.90 Å². The van der Waals surface area contributed by atoms with Crippen LogP contribution >= 0.6 is 11.3 Å². The quantitative estimate of drug-likeness (QED) is 0.859. The third-order valence-corrected chi connectivity index (χ3v) is 3.87. The lowest BCUT2D eigenvalue weighted by molar-refractivity contribution is -0.137. The molecule has 0 N–H and O–H groups in total. The lowest BCUT2D eigenvalue weighted by atomic mass is 10.2. The van der Waals surface area contributed by atoms with Crippen molar-refractivity contribution in [3.63, 3.8) is 0 Å². The number of nitrogens with zero attached hydrogens (tertiary/aromatic N) is 3. The zero-order chi connectivity index (χ0) is 17.2. The van der Waals surface area contributed by atoms with E-state index < -0.39 is 11.7 Å². The van der Waals surface area contributed by atoms with Gasteiger partial charge in [-0.3, -0.25) is 9.36 Å². The van der Waals surface area contributed by atoms with E-state index in [4.69, 9.17) is 0 Å². The molecule has 0 atom stereocenters. The summed E-state index contributed by atoms with van der Waals surface area (Å²) in [6.45, 7) is 1.99. The van der Waals surface area contributed by atoms with Crippen LogP contribution in [0.25, 0.3) is 5.69 Å². The summed E-state index contributed by atoms with van der Waals surface area (Å²) in [4.78, 5) is 18.6. The highest BCUT2D eigenvalue weighted by atomic mass is 32.1. The van der Waals surface area contributed by atoms with Crippen LogP contribution in [0.5, 0.6) is 0 Å². The topological polar surface area (TPSA) is 37.6 Å². The van der Waals surface area contributed by atoms with E-state index in [1.165, 1.54) is 30.4 Å². The molecule has 2 rings (SSSR count). The molecule has 1 heterocycles. The van der Waals surface area contributed by atoms with Gasteiger partial charge in [-0.1, -0.05) is 11.3 Å². The summed E-state index contributed by atoms with van der Waals surface area (Å²) in [6.07, 6.45) is -2.59. The fourth-order valence-electron chi connectivity index (χ4n) is 1.98. The van der Waals surface area contributed by atoms with Crippen molar-refractivity contribution in [3.05, 3.63) is 45.7 Å². The van der Waals surface area contributed by atoms with Crippen molar-refractivity contribution in [2.45, 2.75) is 19.6 Å². The Labute approximate surface area is 135 Å². The monoisotopic (exact) mass is 343 g/mol. The SMILES string of the molecule is CC(=O)/N=c1\sc(CN(C)C)cn1-c1ccc(C(F)(F)F)cc1. The molecule has 8 heteroatoms. The van der Waals surface area contributed by atoms with Gasteiger partial charge in [-0.25, -0.2) is 0 Å². The molecule has 4 nitrogen and oxygen atoms in total. The average molecular weight is 343 g/mol. The molecule has 0 unspecified atom stereocenters. The van der Waals surface area contributed by atoms with Crippen molar-refractivity contribution in [3.8, 4) is 5.69 Å². The molecule has 0 aliphatic carbocycles. The van der Waals surface area contributed by atoms with E-state index in [9.17, 15) is 18.0 Å². The largest absolute Gasteiger partial charge is 0.416 e. The first-order valence-corrected chi connectivity index (χ1v) is 7.57. The van der Waals surface area contributed by atoms with Crippen molar-refractivity contribution >= 4 is 17.2 Å². The number of halogens is 3. The zero-order valence-electron chi connectivity index (χ0n) is 12.9. The lowest BCUT2D eigenvalue weighted by Crippen LogP contribution is -2.14. The Morgan fingerprint density at radius 3 is 2.35 bits per heavy atom. The second-order valence-corrected chi connectivity index (χ2v) is 6.36. The predicted molar refractivity (Wildman–Crippen MR) is 82.3 cm³/mol. The van der Waals surface area contributed by atoms with Gasteiger partial charge in [0.1, 0.15) is 0 Å². The van der Waals surface area contributed by atoms with Crippen LogP contribution in [-0.4, -0.2) is 29.5 Å². The molecule has 0 fully saturated rings. The molecule has 0 aliphatic heterocycles. The maximum absolute atomic E-state index is 12.6. The number of amides is 1. The standard InChI is InChI=1S/C15H16F3N3OS/c1-10(22)19-14-21(9-13(23-14)8-20(2)3)12-6-4-11(5-7-12)15(16,17)18/h4-7,9H,8H2,1-3H3/b19-14-. The van der Waals surface area contributed by atoms with E-state index in [-0.39, 0.29) is 5.91 Å². The van der Waals surface area contributed by atoms with E-state index in [1.54, 1.807) is 10.8 Å². The van der Waals surface area contributed by atoms with Crippen LogP contribution in [-0.2, 0) is 17.5 Å². The third-order valence-electron chi connectivity index (χ3n) is 2.90. The molecule has 1 amide bonds. The smallest absolute Gasteiger partial charge is 0.304 e. The molecule has 0 bridgehead atoms. The fourth-order valence-corrected chi connectivity index (χ4v) is 3.13. The number of thiazole rings is 1. The molecular weight excluding hydrogens is 327 g/mol. The van der Waals surface area contributed by atoms with Crippen LogP contribution in [0, 0.1) is 0 Å². The molecule has 0 spiro atoms. The molecule has 0 aliphatic rings. The molecule has 1 aromatic heterocycles. The first-order chi connectivity index (χ1) is 10.7. The van der Waals surface area contributed by atoms with Gasteiger partial charge in [0.05, 0.1) is 5.56 Å². The molecule has 23 heavy (non-hydrogen) atoms. The van der Waals surface area contributed by atoms with Crippen molar-refractivity contribution < 1.29 is 18.0 Å². The predicted octanol–water partition coefficient (Wildman–Crippen LogP) is 3.07. The normalized spacial score (nSPS) is 12.9. The van der Waals surface area contributed by atoms with E-state index in [2.05, 4.69) is 4.99 Å². The number of benzene rings is 1.